The lowest BCUT2D eigenvalue weighted by atomic mass is 10.2. The Hall–Kier alpha value is -1.36. The first kappa shape index (κ1) is 15.6. The van der Waals surface area contributed by atoms with E-state index >= 15 is 0 Å². The maximum atomic E-state index is 11.3. The number of hydrogen-bond donors (Lipinski definition) is 3. The van der Waals surface area contributed by atoms with Gasteiger partial charge < -0.3 is 16.4 Å². The zero-order valence-electron chi connectivity index (χ0n) is 10.6. The molecule has 0 atom stereocenters. The summed E-state index contributed by atoms with van der Waals surface area (Å²) in [7, 11) is 0. The minimum atomic E-state index is -0.266. The molecule has 0 rings (SSSR count). The summed E-state index contributed by atoms with van der Waals surface area (Å²) in [6.45, 7) is 7.25. The summed E-state index contributed by atoms with van der Waals surface area (Å²) in [6.07, 6.45) is 3.00. The number of primary amides is 1. The van der Waals surface area contributed by atoms with Crippen LogP contribution < -0.4 is 16.4 Å². The molecule has 0 aromatic heterocycles. The number of carbonyl (C=O) groups is 2. The Kier molecular flexibility index (Phi) is 9.05. The van der Waals surface area contributed by atoms with Gasteiger partial charge in [-0.05, 0) is 19.8 Å². The van der Waals surface area contributed by atoms with Gasteiger partial charge in [0.1, 0.15) is 0 Å². The summed E-state index contributed by atoms with van der Waals surface area (Å²) < 4.78 is 0. The van der Waals surface area contributed by atoms with Gasteiger partial charge in [0.15, 0.2) is 0 Å². The molecule has 0 heterocycles. The quantitative estimate of drug-likeness (QED) is 0.380. The topological polar surface area (TPSA) is 84.2 Å². The van der Waals surface area contributed by atoms with Crippen molar-refractivity contribution in [3.8, 4) is 0 Å². The van der Waals surface area contributed by atoms with E-state index in [1.54, 1.807) is 0 Å². The molecular formula is C12H23N3O2. The zero-order valence-corrected chi connectivity index (χ0v) is 10.6. The van der Waals surface area contributed by atoms with Gasteiger partial charge in [-0.3, -0.25) is 9.59 Å². The molecule has 2 amide bonds. The standard InChI is InChI=1S/C12H23N3O2/c1-10(2)8-14-9-12(17)15-7-5-3-4-6-11(13)16/h14H,1,3-9H2,2H3,(H2,13,16)(H,15,17). The first-order chi connectivity index (χ1) is 8.02. The van der Waals surface area contributed by atoms with Crippen LogP contribution in [0.1, 0.15) is 32.6 Å². The van der Waals surface area contributed by atoms with Gasteiger partial charge in [0.2, 0.25) is 11.8 Å². The smallest absolute Gasteiger partial charge is 0.233 e. The SMILES string of the molecule is C=C(C)CNCC(=O)NCCCCCC(N)=O. The molecule has 0 aliphatic rings. The lowest BCUT2D eigenvalue weighted by Gasteiger charge is -2.06. The van der Waals surface area contributed by atoms with Crippen molar-refractivity contribution in [2.24, 2.45) is 5.73 Å². The van der Waals surface area contributed by atoms with Crippen LogP contribution in [0, 0.1) is 0 Å². The number of nitrogens with two attached hydrogens (primary N) is 1. The number of hydrogen-bond acceptors (Lipinski definition) is 3. The summed E-state index contributed by atoms with van der Waals surface area (Å²) in [5.74, 6) is -0.279. The van der Waals surface area contributed by atoms with Gasteiger partial charge in [0.05, 0.1) is 6.54 Å². The molecule has 4 N–H and O–H groups in total. The molecule has 5 heteroatoms. The first-order valence-electron chi connectivity index (χ1n) is 5.92. The van der Waals surface area contributed by atoms with E-state index < -0.39 is 0 Å². The molecular weight excluding hydrogens is 218 g/mol. The van der Waals surface area contributed by atoms with E-state index in [-0.39, 0.29) is 11.8 Å². The first-order valence-corrected chi connectivity index (χ1v) is 5.92. The fraction of sp³-hybridized carbons (Fsp3) is 0.667. The molecule has 0 unspecified atom stereocenters. The number of amides is 2. The van der Waals surface area contributed by atoms with E-state index in [2.05, 4.69) is 17.2 Å². The highest BCUT2D eigenvalue weighted by Gasteiger charge is 1.99. The summed E-state index contributed by atoms with van der Waals surface area (Å²) in [5.41, 5.74) is 6.01. The second kappa shape index (κ2) is 9.84. The Balaban J connectivity index is 3.27. The average Bonchev–Trinajstić information content (AvgIpc) is 2.22. The van der Waals surface area contributed by atoms with E-state index in [1.165, 1.54) is 0 Å². The van der Waals surface area contributed by atoms with E-state index in [0.717, 1.165) is 24.8 Å². The van der Waals surface area contributed by atoms with Gasteiger partial charge in [-0.15, -0.1) is 0 Å². The van der Waals surface area contributed by atoms with Crippen molar-refractivity contribution in [1.29, 1.82) is 0 Å². The summed E-state index contributed by atoms with van der Waals surface area (Å²) >= 11 is 0. The van der Waals surface area contributed by atoms with Crippen LogP contribution in [0.5, 0.6) is 0 Å². The maximum absolute atomic E-state index is 11.3. The third-order valence-corrected chi connectivity index (χ3v) is 2.13. The van der Waals surface area contributed by atoms with Gasteiger partial charge in [-0.1, -0.05) is 18.6 Å². The third-order valence-electron chi connectivity index (χ3n) is 2.13. The highest BCUT2D eigenvalue weighted by molar-refractivity contribution is 5.77. The monoisotopic (exact) mass is 241 g/mol. The van der Waals surface area contributed by atoms with Crippen LogP contribution in [0.3, 0.4) is 0 Å². The Bertz CT molecular complexity index is 264. The second-order valence-corrected chi connectivity index (χ2v) is 4.19. The molecule has 17 heavy (non-hydrogen) atoms. The minimum absolute atomic E-state index is 0.0128. The van der Waals surface area contributed by atoms with Crippen molar-refractivity contribution in [3.05, 3.63) is 12.2 Å². The normalized spacial score (nSPS) is 9.94. The number of unbranched alkanes of at least 4 members (excludes halogenated alkanes) is 2. The van der Waals surface area contributed by atoms with Gasteiger partial charge in [-0.25, -0.2) is 0 Å². The lowest BCUT2D eigenvalue weighted by Crippen LogP contribution is -2.34. The number of rotatable bonds is 10. The Morgan fingerprint density at radius 1 is 1.18 bits per heavy atom. The molecule has 0 saturated heterocycles. The van der Waals surface area contributed by atoms with Crippen LogP contribution in [0.2, 0.25) is 0 Å². The van der Waals surface area contributed by atoms with E-state index in [0.29, 0.717) is 26.1 Å². The molecule has 0 spiro atoms. The maximum Gasteiger partial charge on any atom is 0.233 e. The van der Waals surface area contributed by atoms with Crippen LogP contribution in [0.25, 0.3) is 0 Å². The summed E-state index contributed by atoms with van der Waals surface area (Å²) in [5, 5.41) is 5.78. The van der Waals surface area contributed by atoms with Gasteiger partial charge in [0, 0.05) is 19.5 Å². The molecule has 98 valence electrons. The van der Waals surface area contributed by atoms with Crippen LogP contribution >= 0.6 is 0 Å². The molecule has 0 bridgehead atoms. The molecule has 0 saturated carbocycles. The average molecular weight is 241 g/mol. The number of carbonyl (C=O) groups excluding carboxylic acids is 2. The zero-order chi connectivity index (χ0) is 13.1. The second-order valence-electron chi connectivity index (χ2n) is 4.19. The number of nitrogens with one attached hydrogen (secondary N) is 2. The van der Waals surface area contributed by atoms with Crippen LogP contribution in [0.4, 0.5) is 0 Å². The predicted octanol–water partition coefficient (Wildman–Crippen LogP) is 0.314. The molecule has 0 fully saturated rings. The molecule has 0 aliphatic carbocycles. The van der Waals surface area contributed by atoms with Gasteiger partial charge in [-0.2, -0.15) is 0 Å². The van der Waals surface area contributed by atoms with Crippen molar-refractivity contribution in [2.45, 2.75) is 32.6 Å². The summed E-state index contributed by atoms with van der Waals surface area (Å²) in [4.78, 5) is 21.7. The Morgan fingerprint density at radius 3 is 2.47 bits per heavy atom. The van der Waals surface area contributed by atoms with Crippen molar-refractivity contribution in [1.82, 2.24) is 10.6 Å². The molecule has 0 radical (unpaired) electrons. The lowest BCUT2D eigenvalue weighted by molar-refractivity contribution is -0.120. The molecule has 0 aromatic carbocycles. The van der Waals surface area contributed by atoms with Crippen LogP contribution in [0.15, 0.2) is 12.2 Å². The highest BCUT2D eigenvalue weighted by atomic mass is 16.2. The Labute approximate surface area is 103 Å². The van der Waals surface area contributed by atoms with Crippen LogP contribution in [-0.4, -0.2) is 31.4 Å². The van der Waals surface area contributed by atoms with Crippen molar-refractivity contribution >= 4 is 11.8 Å². The Morgan fingerprint density at radius 2 is 1.88 bits per heavy atom. The largest absolute Gasteiger partial charge is 0.370 e. The van der Waals surface area contributed by atoms with E-state index in [4.69, 9.17) is 5.73 Å². The van der Waals surface area contributed by atoms with Crippen molar-refractivity contribution < 1.29 is 9.59 Å². The third kappa shape index (κ3) is 12.6. The fourth-order valence-electron chi connectivity index (χ4n) is 1.28. The van der Waals surface area contributed by atoms with Crippen molar-refractivity contribution in [2.75, 3.05) is 19.6 Å². The molecule has 5 nitrogen and oxygen atoms in total. The van der Waals surface area contributed by atoms with E-state index in [1.807, 2.05) is 6.92 Å². The highest BCUT2D eigenvalue weighted by Crippen LogP contribution is 1.97. The van der Waals surface area contributed by atoms with Crippen LogP contribution in [-0.2, 0) is 9.59 Å². The molecule has 0 aromatic rings. The van der Waals surface area contributed by atoms with E-state index in [9.17, 15) is 9.59 Å². The minimum Gasteiger partial charge on any atom is -0.370 e. The van der Waals surface area contributed by atoms with Gasteiger partial charge in [0.25, 0.3) is 0 Å². The van der Waals surface area contributed by atoms with Gasteiger partial charge >= 0.3 is 0 Å². The fourth-order valence-corrected chi connectivity index (χ4v) is 1.28. The summed E-state index contributed by atoms with van der Waals surface area (Å²) in [6, 6.07) is 0. The predicted molar refractivity (Wildman–Crippen MR) is 68.4 cm³/mol. The molecule has 0 aliphatic heterocycles. The van der Waals surface area contributed by atoms with Crippen molar-refractivity contribution in [3.63, 3.8) is 0 Å².